The molecule has 7 heteroatoms. The third-order valence-electron chi connectivity index (χ3n) is 3.00. The van der Waals surface area contributed by atoms with Crippen molar-refractivity contribution in [1.82, 2.24) is 10.6 Å². The molecule has 1 aromatic carbocycles. The topological polar surface area (TPSA) is 65.5 Å². The molecule has 1 amide bonds. The van der Waals surface area contributed by atoms with Gasteiger partial charge in [-0.05, 0) is 44.4 Å². The minimum Gasteiger partial charge on any atom is -0.355 e. The van der Waals surface area contributed by atoms with E-state index in [1.54, 1.807) is 18.8 Å². The first-order chi connectivity index (χ1) is 10.4. The Kier molecular flexibility index (Phi) is 7.17. The maximum atomic E-state index is 12.8. The van der Waals surface area contributed by atoms with Gasteiger partial charge in [-0.2, -0.15) is 11.8 Å². The van der Waals surface area contributed by atoms with E-state index in [4.69, 9.17) is 0 Å². The molecule has 0 atom stereocenters. The Morgan fingerprint density at radius 1 is 1.27 bits per heavy atom. The number of carbonyl (C=O) groups is 1. The number of benzene rings is 1. The third kappa shape index (κ3) is 6.80. The molecule has 0 saturated heterocycles. The zero-order valence-electron chi connectivity index (χ0n) is 13.4. The second-order valence-corrected chi connectivity index (χ2v) is 6.81. The Balaban J connectivity index is 2.39. The van der Waals surface area contributed by atoms with E-state index in [1.807, 2.05) is 6.26 Å². The molecular formula is C15H23FN4OS. The van der Waals surface area contributed by atoms with Crippen molar-refractivity contribution in [3.63, 3.8) is 0 Å². The lowest BCUT2D eigenvalue weighted by atomic mass is 10.2. The fourth-order valence-corrected chi connectivity index (χ4v) is 1.71. The van der Waals surface area contributed by atoms with Gasteiger partial charge < -0.3 is 16.0 Å². The van der Waals surface area contributed by atoms with Crippen LogP contribution < -0.4 is 16.0 Å². The average molecular weight is 326 g/mol. The van der Waals surface area contributed by atoms with Crippen LogP contribution in [0, 0.1) is 5.82 Å². The van der Waals surface area contributed by atoms with Gasteiger partial charge in [0.2, 0.25) is 5.91 Å². The summed E-state index contributed by atoms with van der Waals surface area (Å²) in [7, 11) is 1.65. The smallest absolute Gasteiger partial charge is 0.243 e. The van der Waals surface area contributed by atoms with Gasteiger partial charge in [0.05, 0.1) is 6.54 Å². The molecule has 22 heavy (non-hydrogen) atoms. The molecule has 0 aromatic heterocycles. The van der Waals surface area contributed by atoms with Crippen LogP contribution in [0.5, 0.6) is 0 Å². The average Bonchev–Trinajstić information content (AvgIpc) is 2.50. The van der Waals surface area contributed by atoms with Crippen molar-refractivity contribution in [2.75, 3.05) is 31.7 Å². The summed E-state index contributed by atoms with van der Waals surface area (Å²) in [6.07, 6.45) is 2.05. The molecule has 0 spiro atoms. The van der Waals surface area contributed by atoms with Crippen molar-refractivity contribution < 1.29 is 9.18 Å². The Labute approximate surface area is 135 Å². The van der Waals surface area contributed by atoms with Crippen LogP contribution in [0.15, 0.2) is 29.3 Å². The van der Waals surface area contributed by atoms with Gasteiger partial charge >= 0.3 is 0 Å². The lowest BCUT2D eigenvalue weighted by Crippen LogP contribution is -2.45. The van der Waals surface area contributed by atoms with E-state index in [9.17, 15) is 9.18 Å². The maximum Gasteiger partial charge on any atom is 0.243 e. The Morgan fingerprint density at radius 2 is 1.91 bits per heavy atom. The first kappa shape index (κ1) is 18.3. The molecule has 0 aliphatic rings. The molecule has 1 aromatic rings. The van der Waals surface area contributed by atoms with Gasteiger partial charge in [-0.15, -0.1) is 0 Å². The number of rotatable bonds is 6. The number of aliphatic imine (C=N–C) groups is 1. The lowest BCUT2D eigenvalue weighted by Gasteiger charge is -2.23. The molecule has 3 N–H and O–H groups in total. The number of nitrogens with one attached hydrogen (secondary N) is 3. The lowest BCUT2D eigenvalue weighted by molar-refractivity contribution is -0.115. The molecule has 0 aliphatic heterocycles. The predicted octanol–water partition coefficient (Wildman–Crippen LogP) is 2.07. The Bertz CT molecular complexity index is 517. The maximum absolute atomic E-state index is 12.8. The van der Waals surface area contributed by atoms with Gasteiger partial charge in [-0.25, -0.2) is 4.39 Å². The number of hydrogen-bond donors (Lipinski definition) is 3. The van der Waals surface area contributed by atoms with E-state index in [1.165, 1.54) is 24.3 Å². The minimum absolute atomic E-state index is 0.0774. The van der Waals surface area contributed by atoms with Crippen LogP contribution in [0.3, 0.4) is 0 Å². The number of anilines is 1. The summed E-state index contributed by atoms with van der Waals surface area (Å²) in [6.45, 7) is 5.06. The molecule has 0 radical (unpaired) electrons. The van der Waals surface area contributed by atoms with Gasteiger partial charge in [-0.3, -0.25) is 9.79 Å². The van der Waals surface area contributed by atoms with Crippen molar-refractivity contribution in [3.05, 3.63) is 30.1 Å². The Morgan fingerprint density at radius 3 is 2.45 bits per heavy atom. The highest BCUT2D eigenvalue weighted by Crippen LogP contribution is 2.19. The standard InChI is InChI=1S/C15H23FN4OS/c1-15(2,22-4)10-19-14(17-3)18-9-13(21)20-12-7-5-11(16)6-8-12/h5-8H,9-10H2,1-4H3,(H,20,21)(H2,17,18,19). The van der Waals surface area contributed by atoms with E-state index in [0.717, 1.165) is 6.54 Å². The van der Waals surface area contributed by atoms with Gasteiger partial charge in [0.15, 0.2) is 5.96 Å². The summed E-state index contributed by atoms with van der Waals surface area (Å²) >= 11 is 1.75. The normalized spacial score (nSPS) is 12.0. The molecule has 1 rings (SSSR count). The van der Waals surface area contributed by atoms with Crippen LogP contribution in [0.2, 0.25) is 0 Å². The van der Waals surface area contributed by atoms with Gasteiger partial charge in [0.1, 0.15) is 5.82 Å². The fourth-order valence-electron chi connectivity index (χ4n) is 1.49. The number of guanidine groups is 1. The van der Waals surface area contributed by atoms with Crippen LogP contribution in [0.25, 0.3) is 0 Å². The second kappa shape index (κ2) is 8.63. The van der Waals surface area contributed by atoms with Crippen LogP contribution in [-0.2, 0) is 4.79 Å². The number of nitrogens with zero attached hydrogens (tertiary/aromatic N) is 1. The molecule has 0 bridgehead atoms. The van der Waals surface area contributed by atoms with Crippen molar-refractivity contribution in [2.45, 2.75) is 18.6 Å². The quantitative estimate of drug-likeness (QED) is 0.553. The summed E-state index contributed by atoms with van der Waals surface area (Å²) in [4.78, 5) is 15.9. The van der Waals surface area contributed by atoms with Crippen molar-refractivity contribution in [3.8, 4) is 0 Å². The van der Waals surface area contributed by atoms with E-state index in [-0.39, 0.29) is 23.0 Å². The van der Waals surface area contributed by atoms with Crippen molar-refractivity contribution >= 4 is 29.3 Å². The van der Waals surface area contributed by atoms with E-state index < -0.39 is 0 Å². The first-order valence-corrected chi connectivity index (χ1v) is 8.14. The molecule has 0 aliphatic carbocycles. The summed E-state index contributed by atoms with van der Waals surface area (Å²) in [5.41, 5.74) is 0.555. The number of thioether (sulfide) groups is 1. The largest absolute Gasteiger partial charge is 0.355 e. The van der Waals surface area contributed by atoms with Gasteiger partial charge in [0.25, 0.3) is 0 Å². The molecule has 122 valence electrons. The number of halogens is 1. The highest BCUT2D eigenvalue weighted by atomic mass is 32.2. The van der Waals surface area contributed by atoms with Crippen molar-refractivity contribution in [2.24, 2.45) is 4.99 Å². The van der Waals surface area contributed by atoms with Gasteiger partial charge in [0, 0.05) is 24.0 Å². The number of hydrogen-bond acceptors (Lipinski definition) is 3. The highest BCUT2D eigenvalue weighted by molar-refractivity contribution is 7.99. The first-order valence-electron chi connectivity index (χ1n) is 6.91. The zero-order valence-corrected chi connectivity index (χ0v) is 14.2. The molecule has 5 nitrogen and oxygen atoms in total. The van der Waals surface area contributed by atoms with E-state index in [0.29, 0.717) is 11.6 Å². The highest BCUT2D eigenvalue weighted by Gasteiger charge is 2.16. The second-order valence-electron chi connectivity index (χ2n) is 5.30. The van der Waals surface area contributed by atoms with Crippen LogP contribution in [-0.4, -0.2) is 43.0 Å². The third-order valence-corrected chi connectivity index (χ3v) is 4.25. The molecule has 0 fully saturated rings. The minimum atomic E-state index is -0.336. The molecule has 0 saturated carbocycles. The summed E-state index contributed by atoms with van der Waals surface area (Å²) in [5, 5.41) is 8.79. The van der Waals surface area contributed by atoms with Crippen LogP contribution in [0.1, 0.15) is 13.8 Å². The Hall–Kier alpha value is -1.76. The van der Waals surface area contributed by atoms with Crippen molar-refractivity contribution in [1.29, 1.82) is 0 Å². The molecular weight excluding hydrogens is 303 g/mol. The van der Waals surface area contributed by atoms with Crippen LogP contribution >= 0.6 is 11.8 Å². The summed E-state index contributed by atoms with van der Waals surface area (Å²) < 4.78 is 12.9. The number of carbonyl (C=O) groups excluding carboxylic acids is 1. The molecule has 0 heterocycles. The van der Waals surface area contributed by atoms with E-state index in [2.05, 4.69) is 34.8 Å². The molecule has 0 unspecified atom stereocenters. The SMILES string of the molecule is CN=C(NCC(=O)Nc1ccc(F)cc1)NCC(C)(C)SC. The van der Waals surface area contributed by atoms with E-state index >= 15 is 0 Å². The fraction of sp³-hybridized carbons (Fsp3) is 0.467. The van der Waals surface area contributed by atoms with Crippen LogP contribution in [0.4, 0.5) is 10.1 Å². The summed E-state index contributed by atoms with van der Waals surface area (Å²) in [6, 6.07) is 5.63. The summed E-state index contributed by atoms with van der Waals surface area (Å²) in [5.74, 6) is 0.00667. The zero-order chi connectivity index (χ0) is 16.6. The predicted molar refractivity (Wildman–Crippen MR) is 92.0 cm³/mol. The number of amides is 1. The van der Waals surface area contributed by atoms with Gasteiger partial charge in [-0.1, -0.05) is 0 Å². The monoisotopic (exact) mass is 326 g/mol.